The van der Waals surface area contributed by atoms with E-state index in [1.54, 1.807) is 11.3 Å². The van der Waals surface area contributed by atoms with Crippen LogP contribution in [0.4, 0.5) is 0 Å². The topological polar surface area (TPSA) is 40.9 Å². The van der Waals surface area contributed by atoms with E-state index >= 15 is 0 Å². The fourth-order valence-corrected chi connectivity index (χ4v) is 3.64. The normalized spacial score (nSPS) is 12.9. The second-order valence-corrected chi connectivity index (χ2v) is 6.01. The van der Waals surface area contributed by atoms with Gasteiger partial charge < -0.3 is 0 Å². The van der Waals surface area contributed by atoms with Crippen molar-refractivity contribution >= 4 is 37.9 Å². The SMILES string of the molecule is CC(C)C(C#N)C(=O)c1cc2sccc2s1. The third-order valence-corrected chi connectivity index (χ3v) is 4.58. The van der Waals surface area contributed by atoms with Crippen LogP contribution in [-0.2, 0) is 0 Å². The molecule has 16 heavy (non-hydrogen) atoms. The molecular formula is C12H11NOS2. The van der Waals surface area contributed by atoms with Gasteiger partial charge in [0.05, 0.1) is 10.9 Å². The second kappa shape index (κ2) is 4.36. The van der Waals surface area contributed by atoms with E-state index in [0.717, 1.165) is 9.40 Å². The molecule has 0 amide bonds. The highest BCUT2D eigenvalue weighted by atomic mass is 32.1. The summed E-state index contributed by atoms with van der Waals surface area (Å²) in [5, 5.41) is 11.0. The zero-order valence-electron chi connectivity index (χ0n) is 9.06. The van der Waals surface area contributed by atoms with Crippen LogP contribution >= 0.6 is 22.7 Å². The molecule has 0 radical (unpaired) electrons. The molecule has 2 nitrogen and oxygen atoms in total. The highest BCUT2D eigenvalue weighted by Crippen LogP contribution is 2.32. The van der Waals surface area contributed by atoms with Crippen LogP contribution < -0.4 is 0 Å². The number of carbonyl (C=O) groups is 1. The maximum atomic E-state index is 12.1. The maximum Gasteiger partial charge on any atom is 0.190 e. The lowest BCUT2D eigenvalue weighted by Gasteiger charge is -2.09. The lowest BCUT2D eigenvalue weighted by Crippen LogP contribution is -2.17. The van der Waals surface area contributed by atoms with E-state index in [2.05, 4.69) is 6.07 Å². The number of nitriles is 1. The molecule has 1 unspecified atom stereocenters. The molecule has 0 saturated carbocycles. The smallest absolute Gasteiger partial charge is 0.190 e. The Morgan fingerprint density at radius 3 is 2.75 bits per heavy atom. The average molecular weight is 249 g/mol. The third-order valence-electron chi connectivity index (χ3n) is 2.47. The summed E-state index contributed by atoms with van der Waals surface area (Å²) < 4.78 is 2.27. The van der Waals surface area contributed by atoms with Crippen molar-refractivity contribution in [3.63, 3.8) is 0 Å². The molecule has 0 saturated heterocycles. The largest absolute Gasteiger partial charge is 0.292 e. The maximum absolute atomic E-state index is 12.1. The van der Waals surface area contributed by atoms with Gasteiger partial charge in [0.25, 0.3) is 0 Å². The summed E-state index contributed by atoms with van der Waals surface area (Å²) in [6.45, 7) is 3.81. The molecule has 4 heteroatoms. The number of carbonyl (C=O) groups excluding carboxylic acids is 1. The molecule has 2 aromatic rings. The van der Waals surface area contributed by atoms with Crippen molar-refractivity contribution in [2.45, 2.75) is 13.8 Å². The number of fused-ring (bicyclic) bond motifs is 1. The van der Waals surface area contributed by atoms with Crippen molar-refractivity contribution in [3.05, 3.63) is 22.4 Å². The van der Waals surface area contributed by atoms with E-state index < -0.39 is 5.92 Å². The average Bonchev–Trinajstić information content (AvgIpc) is 2.76. The molecular weight excluding hydrogens is 238 g/mol. The van der Waals surface area contributed by atoms with E-state index in [0.29, 0.717) is 4.88 Å². The molecule has 2 heterocycles. The summed E-state index contributed by atoms with van der Waals surface area (Å²) in [6.07, 6.45) is 0. The number of nitrogens with zero attached hydrogens (tertiary/aromatic N) is 1. The van der Waals surface area contributed by atoms with Gasteiger partial charge in [0.1, 0.15) is 5.92 Å². The molecule has 0 aromatic carbocycles. The molecule has 0 aliphatic rings. The van der Waals surface area contributed by atoms with Crippen molar-refractivity contribution in [2.24, 2.45) is 11.8 Å². The zero-order valence-corrected chi connectivity index (χ0v) is 10.7. The zero-order chi connectivity index (χ0) is 11.7. The van der Waals surface area contributed by atoms with Crippen LogP contribution in [0.1, 0.15) is 23.5 Å². The molecule has 0 spiro atoms. The lowest BCUT2D eigenvalue weighted by molar-refractivity contribution is 0.0928. The van der Waals surface area contributed by atoms with Gasteiger partial charge >= 0.3 is 0 Å². The summed E-state index contributed by atoms with van der Waals surface area (Å²) in [6, 6.07) is 6.01. The number of ketones is 1. The predicted molar refractivity (Wildman–Crippen MR) is 68.0 cm³/mol. The number of hydrogen-bond acceptors (Lipinski definition) is 4. The Morgan fingerprint density at radius 2 is 2.19 bits per heavy atom. The minimum atomic E-state index is -0.521. The van der Waals surface area contributed by atoms with E-state index in [1.165, 1.54) is 11.3 Å². The molecule has 82 valence electrons. The first kappa shape index (κ1) is 11.3. The van der Waals surface area contributed by atoms with Gasteiger partial charge in [0, 0.05) is 9.40 Å². The fourth-order valence-electron chi connectivity index (χ4n) is 1.55. The molecule has 0 N–H and O–H groups in total. The predicted octanol–water partition coefficient (Wildman–Crippen LogP) is 3.94. The summed E-state index contributed by atoms with van der Waals surface area (Å²) in [5.74, 6) is -0.490. The van der Waals surface area contributed by atoms with Gasteiger partial charge in [-0.25, -0.2) is 0 Å². The summed E-state index contributed by atoms with van der Waals surface area (Å²) in [5.41, 5.74) is 0. The van der Waals surface area contributed by atoms with Crippen molar-refractivity contribution in [1.29, 1.82) is 5.26 Å². The van der Waals surface area contributed by atoms with E-state index in [9.17, 15) is 4.79 Å². The summed E-state index contributed by atoms with van der Waals surface area (Å²) in [4.78, 5) is 12.8. The van der Waals surface area contributed by atoms with E-state index in [-0.39, 0.29) is 11.7 Å². The number of thiophene rings is 2. The lowest BCUT2D eigenvalue weighted by atomic mass is 9.92. The highest BCUT2D eigenvalue weighted by molar-refractivity contribution is 7.27. The second-order valence-electron chi connectivity index (χ2n) is 3.97. The Morgan fingerprint density at radius 1 is 1.44 bits per heavy atom. The standard InChI is InChI=1S/C12H11NOS2/c1-7(2)8(6-13)12(14)11-5-10-9(16-11)3-4-15-10/h3-5,7-8H,1-2H3. The Bertz CT molecular complexity index is 530. The van der Waals surface area contributed by atoms with Crippen LogP contribution in [0.5, 0.6) is 0 Å². The first-order valence-electron chi connectivity index (χ1n) is 5.04. The number of Topliss-reactive ketones (excluding diaryl/α,β-unsaturated/α-hetero) is 1. The molecule has 1 atom stereocenters. The van der Waals surface area contributed by atoms with Crippen molar-refractivity contribution in [2.75, 3.05) is 0 Å². The van der Waals surface area contributed by atoms with Gasteiger partial charge in [0.2, 0.25) is 0 Å². The van der Waals surface area contributed by atoms with Gasteiger partial charge in [-0.3, -0.25) is 4.79 Å². The van der Waals surface area contributed by atoms with Gasteiger partial charge in [-0.2, -0.15) is 5.26 Å². The summed E-state index contributed by atoms with van der Waals surface area (Å²) >= 11 is 3.11. The van der Waals surface area contributed by atoms with Gasteiger partial charge in [-0.1, -0.05) is 13.8 Å². The van der Waals surface area contributed by atoms with Crippen LogP contribution in [0.3, 0.4) is 0 Å². The highest BCUT2D eigenvalue weighted by Gasteiger charge is 2.24. The molecule has 0 bridgehead atoms. The third kappa shape index (κ3) is 1.89. The monoisotopic (exact) mass is 249 g/mol. The molecule has 2 aromatic heterocycles. The minimum absolute atomic E-state index is 0.0362. The molecule has 0 aliphatic carbocycles. The molecule has 0 aliphatic heterocycles. The Balaban J connectivity index is 2.35. The Kier molecular flexibility index (Phi) is 3.08. The first-order chi connectivity index (χ1) is 7.63. The van der Waals surface area contributed by atoms with Gasteiger partial charge in [0.15, 0.2) is 5.78 Å². The Hall–Kier alpha value is -1.18. The molecule has 2 rings (SSSR count). The number of rotatable bonds is 3. The van der Waals surface area contributed by atoms with E-state index in [4.69, 9.17) is 5.26 Å². The van der Waals surface area contributed by atoms with Gasteiger partial charge in [-0.15, -0.1) is 22.7 Å². The van der Waals surface area contributed by atoms with Gasteiger partial charge in [-0.05, 0) is 23.4 Å². The molecule has 0 fully saturated rings. The van der Waals surface area contributed by atoms with Crippen LogP contribution in [0.15, 0.2) is 17.5 Å². The van der Waals surface area contributed by atoms with Crippen LogP contribution in [0.2, 0.25) is 0 Å². The first-order valence-corrected chi connectivity index (χ1v) is 6.74. The van der Waals surface area contributed by atoms with E-state index in [1.807, 2.05) is 31.4 Å². The Labute approximate surface area is 102 Å². The van der Waals surface area contributed by atoms with Crippen LogP contribution in [0, 0.1) is 23.2 Å². The van der Waals surface area contributed by atoms with Crippen molar-refractivity contribution < 1.29 is 4.79 Å². The fraction of sp³-hybridized carbons (Fsp3) is 0.333. The van der Waals surface area contributed by atoms with Crippen molar-refractivity contribution in [1.82, 2.24) is 0 Å². The van der Waals surface area contributed by atoms with Crippen molar-refractivity contribution in [3.8, 4) is 6.07 Å². The number of hydrogen-bond donors (Lipinski definition) is 0. The van der Waals surface area contributed by atoms with Crippen LogP contribution in [0.25, 0.3) is 9.40 Å². The summed E-state index contributed by atoms with van der Waals surface area (Å²) in [7, 11) is 0. The minimum Gasteiger partial charge on any atom is -0.292 e. The van der Waals surface area contributed by atoms with Crippen LogP contribution in [-0.4, -0.2) is 5.78 Å². The quantitative estimate of drug-likeness (QED) is 0.773.